The summed E-state index contributed by atoms with van der Waals surface area (Å²) < 4.78 is 1.42. The molecule has 0 heterocycles. The summed E-state index contributed by atoms with van der Waals surface area (Å²) in [5.74, 6) is 0. The van der Waals surface area contributed by atoms with Gasteiger partial charge in [0, 0.05) is 0 Å². The molecule has 0 saturated heterocycles. The number of hydrogen-bond donors (Lipinski definition) is 0. The van der Waals surface area contributed by atoms with Gasteiger partial charge in [-0.15, -0.1) is 11.1 Å². The summed E-state index contributed by atoms with van der Waals surface area (Å²) in [6.45, 7) is 22.5. The Morgan fingerprint density at radius 3 is 1.60 bits per heavy atom. The summed E-state index contributed by atoms with van der Waals surface area (Å²) >= 11 is 1.46. The zero-order valence-corrected chi connectivity index (χ0v) is 33.8. The van der Waals surface area contributed by atoms with Crippen LogP contribution in [0.2, 0.25) is 0 Å². The molecule has 6 rings (SSSR count). The van der Waals surface area contributed by atoms with Crippen molar-refractivity contribution in [2.45, 2.75) is 91.9 Å². The van der Waals surface area contributed by atoms with Crippen molar-refractivity contribution in [2.75, 3.05) is 0 Å². The first-order chi connectivity index (χ1) is 21.1. The summed E-state index contributed by atoms with van der Waals surface area (Å²) in [6.07, 6.45) is 1.03. The SMILES string of the molecule is CC(C)(C)c1[c-]c2c(cc1)-c1ccc(C(C)(C)C)cc1C2.Cc1c[cH-]cc1C(C)(C)C.[Cl-].[Cl-].[Zr+2]=[C](c1ccccc1)c1ccccc1. The van der Waals surface area contributed by atoms with Crippen LogP contribution in [0.4, 0.5) is 0 Å². The number of fused-ring (bicyclic) bond motifs is 3. The van der Waals surface area contributed by atoms with E-state index < -0.39 is 0 Å². The molecule has 47 heavy (non-hydrogen) atoms. The molecule has 0 unspecified atom stereocenters. The van der Waals surface area contributed by atoms with Crippen LogP contribution in [0.15, 0.2) is 109 Å². The van der Waals surface area contributed by atoms with Crippen LogP contribution < -0.4 is 24.8 Å². The van der Waals surface area contributed by atoms with Crippen LogP contribution in [-0.4, -0.2) is 3.21 Å². The van der Waals surface area contributed by atoms with Gasteiger partial charge in [0.15, 0.2) is 0 Å². The molecule has 5 aromatic carbocycles. The zero-order chi connectivity index (χ0) is 33.0. The molecule has 0 N–H and O–H groups in total. The third-order valence-electron chi connectivity index (χ3n) is 8.43. The van der Waals surface area contributed by atoms with E-state index in [0.717, 1.165) is 6.42 Å². The fraction of sp³-hybridized carbons (Fsp3) is 0.318. The Bertz CT molecular complexity index is 1620. The number of benzene rings is 4. The minimum absolute atomic E-state index is 0. The van der Waals surface area contributed by atoms with Crippen LogP contribution in [0.3, 0.4) is 0 Å². The molecular formula is C44H50Cl2Zr-2. The van der Waals surface area contributed by atoms with Gasteiger partial charge in [0.2, 0.25) is 0 Å². The maximum atomic E-state index is 3.67. The van der Waals surface area contributed by atoms with E-state index in [1.165, 1.54) is 83.1 Å². The molecule has 1 aliphatic carbocycles. The summed E-state index contributed by atoms with van der Waals surface area (Å²) in [5.41, 5.74) is 14.6. The van der Waals surface area contributed by atoms with Crippen molar-refractivity contribution in [3.63, 3.8) is 0 Å². The van der Waals surface area contributed by atoms with E-state index in [4.69, 9.17) is 0 Å². The summed E-state index contributed by atoms with van der Waals surface area (Å²) in [4.78, 5) is 0. The average molecular weight is 741 g/mol. The molecular weight excluding hydrogens is 691 g/mol. The van der Waals surface area contributed by atoms with E-state index in [2.05, 4.69) is 184 Å². The van der Waals surface area contributed by atoms with Crippen molar-refractivity contribution in [3.05, 3.63) is 160 Å². The number of halogens is 2. The van der Waals surface area contributed by atoms with Gasteiger partial charge in [-0.25, -0.2) is 0 Å². The van der Waals surface area contributed by atoms with E-state index >= 15 is 0 Å². The Kier molecular flexibility index (Phi) is 14.6. The van der Waals surface area contributed by atoms with Crippen LogP contribution in [0.1, 0.15) is 107 Å². The summed E-state index contributed by atoms with van der Waals surface area (Å²) in [5, 5.41) is 0. The van der Waals surface area contributed by atoms with Gasteiger partial charge in [-0.3, -0.25) is 0 Å². The van der Waals surface area contributed by atoms with Crippen LogP contribution >= 0.6 is 0 Å². The van der Waals surface area contributed by atoms with E-state index in [9.17, 15) is 0 Å². The van der Waals surface area contributed by atoms with Gasteiger partial charge >= 0.3 is 99.2 Å². The van der Waals surface area contributed by atoms with Crippen LogP contribution in [0.5, 0.6) is 0 Å². The van der Waals surface area contributed by atoms with Gasteiger partial charge in [0.05, 0.1) is 0 Å². The normalized spacial score (nSPS) is 11.7. The molecule has 3 heteroatoms. The predicted octanol–water partition coefficient (Wildman–Crippen LogP) is 5.47. The molecule has 5 aromatic rings. The standard InChI is InChI=1S/C21H25.C13H10.C10H15.2ClH.Zr/c1-20(2,3)16-7-9-18-14(12-16)11-15-13-17(21(4,5)6)8-10-19(15)18;1-3-7-12(8-4-1)11-13-9-5-2-6-10-13;1-8-6-5-7-9(8)10(2,3)4;;;/h7-10,12H,11H2,1-6H3;1-10H;5-7H,1-4H3;2*1H;/q-1;;-1;;;+2/p-2. The molecule has 0 bridgehead atoms. The third kappa shape index (κ3) is 10.8. The average Bonchev–Trinajstić information content (AvgIpc) is 3.60. The van der Waals surface area contributed by atoms with Crippen molar-refractivity contribution < 1.29 is 49.0 Å². The van der Waals surface area contributed by atoms with E-state index in [0.29, 0.717) is 5.41 Å². The second-order valence-electron chi connectivity index (χ2n) is 15.3. The van der Waals surface area contributed by atoms with Crippen LogP contribution in [0, 0.1) is 13.0 Å². The summed E-state index contributed by atoms with van der Waals surface area (Å²) in [6, 6.07) is 42.8. The van der Waals surface area contributed by atoms with Gasteiger partial charge in [-0.1, -0.05) is 98.4 Å². The molecule has 246 valence electrons. The van der Waals surface area contributed by atoms with Crippen molar-refractivity contribution in [1.29, 1.82) is 0 Å². The van der Waals surface area contributed by atoms with Crippen molar-refractivity contribution in [2.24, 2.45) is 0 Å². The van der Waals surface area contributed by atoms with Crippen molar-refractivity contribution in [3.8, 4) is 11.1 Å². The number of hydrogen-bond acceptors (Lipinski definition) is 0. The second kappa shape index (κ2) is 16.8. The monoisotopic (exact) mass is 738 g/mol. The number of aryl methyl sites for hydroxylation is 1. The van der Waals surface area contributed by atoms with Crippen molar-refractivity contribution in [1.82, 2.24) is 0 Å². The molecule has 1 aliphatic rings. The maximum absolute atomic E-state index is 3.67. The molecule has 0 aromatic heterocycles. The molecule has 0 radical (unpaired) electrons. The molecule has 0 atom stereocenters. The molecule has 0 fully saturated rings. The quantitative estimate of drug-likeness (QED) is 0.207. The van der Waals surface area contributed by atoms with Gasteiger partial charge in [-0.05, 0) is 28.4 Å². The molecule has 0 amide bonds. The Labute approximate surface area is 313 Å². The first-order valence-electron chi connectivity index (χ1n) is 16.2. The first-order valence-corrected chi connectivity index (χ1v) is 17.4. The Hall–Kier alpha value is -2.44. The second-order valence-corrected chi connectivity index (χ2v) is 16.5. The van der Waals surface area contributed by atoms with Gasteiger partial charge in [-0.2, -0.15) is 53.1 Å². The Balaban J connectivity index is 0.000000258. The topological polar surface area (TPSA) is 0 Å². The third-order valence-corrected chi connectivity index (χ3v) is 9.85. The minimum atomic E-state index is 0. The fourth-order valence-electron chi connectivity index (χ4n) is 5.76. The molecule has 0 aliphatic heterocycles. The van der Waals surface area contributed by atoms with Gasteiger partial charge in [0.25, 0.3) is 0 Å². The number of rotatable bonds is 2. The predicted molar refractivity (Wildman–Crippen MR) is 192 cm³/mol. The fourth-order valence-corrected chi connectivity index (χ4v) is 6.57. The van der Waals surface area contributed by atoms with Gasteiger partial charge < -0.3 is 24.8 Å². The van der Waals surface area contributed by atoms with E-state index in [1.807, 2.05) is 0 Å². The Morgan fingerprint density at radius 1 is 0.638 bits per heavy atom. The molecule has 0 saturated carbocycles. The molecule has 0 spiro atoms. The van der Waals surface area contributed by atoms with Crippen molar-refractivity contribution >= 4 is 3.21 Å². The van der Waals surface area contributed by atoms with Gasteiger partial charge in [0.1, 0.15) is 0 Å². The van der Waals surface area contributed by atoms with E-state index in [1.54, 1.807) is 0 Å². The zero-order valence-electron chi connectivity index (χ0n) is 29.9. The van der Waals surface area contributed by atoms with Crippen LogP contribution in [0.25, 0.3) is 11.1 Å². The summed E-state index contributed by atoms with van der Waals surface area (Å²) in [7, 11) is 0. The first kappa shape index (κ1) is 40.7. The molecule has 0 nitrogen and oxygen atoms in total. The van der Waals surface area contributed by atoms with E-state index in [-0.39, 0.29) is 35.6 Å². The van der Waals surface area contributed by atoms with Crippen LogP contribution in [-0.2, 0) is 46.9 Å². The Morgan fingerprint density at radius 2 is 1.17 bits per heavy atom.